The molecule has 4 N–H and O–H groups in total. The number of aliphatic hydroxyl groups is 4. The Morgan fingerprint density at radius 1 is 0.571 bits per heavy atom. The quantitative estimate of drug-likeness (QED) is 0.307. The Balaban J connectivity index is 0. The van der Waals surface area contributed by atoms with Crippen LogP contribution in [0.1, 0.15) is 0 Å². The number of Topliss-reactive ketones (excluding diaryl/α,β-unsaturated/α-hetero) is 2. The Labute approximate surface area is 123 Å². The Morgan fingerprint density at radius 2 is 0.714 bits per heavy atom. The van der Waals surface area contributed by atoms with Crippen molar-refractivity contribution in [2.24, 2.45) is 0 Å². The second-order valence-corrected chi connectivity index (χ2v) is 2.05. The monoisotopic (exact) mass is 218 g/mol. The van der Waals surface area contributed by atoms with Crippen LogP contribution in [0.15, 0.2) is 23.0 Å². The second kappa shape index (κ2) is 5.79. The molecule has 0 bridgehead atoms. The molecule has 0 aromatic carbocycles. The molecule has 0 fully saturated rings. The molecule has 0 aromatic heterocycles. The van der Waals surface area contributed by atoms with Crippen LogP contribution >= 0.6 is 0 Å². The predicted molar refractivity (Wildman–Crippen MR) is 46.1 cm³/mol. The van der Waals surface area contributed by atoms with Gasteiger partial charge in [0.2, 0.25) is 23.0 Å². The van der Waals surface area contributed by atoms with Crippen LogP contribution in [0, 0.1) is 0 Å². The zero-order valence-corrected chi connectivity index (χ0v) is 11.6. The first-order chi connectivity index (χ1) is 5.46. The normalized spacial score (nSPS) is 16.3. The van der Waals surface area contributed by atoms with Crippen LogP contribution in [0.3, 0.4) is 0 Å². The van der Waals surface area contributed by atoms with Crippen molar-refractivity contribution in [2.75, 3.05) is 0 Å². The third-order valence-corrected chi connectivity index (χ3v) is 1.31. The van der Waals surface area contributed by atoms with Crippen LogP contribution in [-0.2, 0) is 9.59 Å². The second-order valence-electron chi connectivity index (χ2n) is 2.05. The van der Waals surface area contributed by atoms with Crippen molar-refractivity contribution < 1.29 is 30.0 Å². The largest absolute Gasteiger partial charge is 0.501 e. The minimum absolute atomic E-state index is 0. The Bertz CT molecular complexity index is 280. The van der Waals surface area contributed by atoms with E-state index < -0.39 is 34.6 Å². The number of carbonyl (C=O) groups is 2. The SMILES string of the molecule is O=C1C(O)=C(O)C(=O)C(O)=C1O.[Na].[Na]. The molecule has 8 heteroatoms. The van der Waals surface area contributed by atoms with Gasteiger partial charge in [0.15, 0.2) is 0 Å². The van der Waals surface area contributed by atoms with Crippen molar-refractivity contribution in [1.82, 2.24) is 0 Å². The standard InChI is InChI=1S/C6H4O6.2Na/c7-1-2(8)4(10)6(12)5(11)3(1)9;;/h7-8,11-12H;;. The van der Waals surface area contributed by atoms with Crippen molar-refractivity contribution in [2.45, 2.75) is 0 Å². The van der Waals surface area contributed by atoms with Gasteiger partial charge in [0, 0.05) is 59.1 Å². The Morgan fingerprint density at radius 3 is 0.857 bits per heavy atom. The van der Waals surface area contributed by atoms with Gasteiger partial charge >= 0.3 is 0 Å². The molecule has 0 saturated heterocycles. The molecule has 0 atom stereocenters. The summed E-state index contributed by atoms with van der Waals surface area (Å²) in [6.07, 6.45) is 0. The van der Waals surface area contributed by atoms with Crippen LogP contribution in [0.25, 0.3) is 0 Å². The molecule has 66 valence electrons. The summed E-state index contributed by atoms with van der Waals surface area (Å²) < 4.78 is 0. The number of ketones is 2. The molecular formula is C6H4Na2O6. The van der Waals surface area contributed by atoms with E-state index in [0.29, 0.717) is 0 Å². The maximum atomic E-state index is 10.6. The zero-order valence-electron chi connectivity index (χ0n) is 7.61. The smallest absolute Gasteiger partial charge is 0.269 e. The molecule has 0 unspecified atom stereocenters. The van der Waals surface area contributed by atoms with Gasteiger partial charge in [-0.1, -0.05) is 0 Å². The molecule has 2 radical (unpaired) electrons. The van der Waals surface area contributed by atoms with E-state index in [1.54, 1.807) is 0 Å². The van der Waals surface area contributed by atoms with E-state index in [1.165, 1.54) is 0 Å². The number of carbonyl (C=O) groups excluding carboxylic acids is 2. The Kier molecular flexibility index (Phi) is 6.81. The van der Waals surface area contributed by atoms with Crippen LogP contribution in [0.5, 0.6) is 0 Å². The average Bonchev–Trinajstić information content (AvgIpc) is 2.08. The molecular weight excluding hydrogens is 214 g/mol. The molecule has 0 spiro atoms. The van der Waals surface area contributed by atoms with Crippen LogP contribution in [-0.4, -0.2) is 91.1 Å². The first kappa shape index (κ1) is 16.4. The van der Waals surface area contributed by atoms with Gasteiger partial charge in [0.25, 0.3) is 11.6 Å². The van der Waals surface area contributed by atoms with Gasteiger partial charge in [-0.2, -0.15) is 0 Å². The summed E-state index contributed by atoms with van der Waals surface area (Å²) in [7, 11) is 0. The summed E-state index contributed by atoms with van der Waals surface area (Å²) in [5.74, 6) is -7.84. The molecule has 14 heavy (non-hydrogen) atoms. The van der Waals surface area contributed by atoms with Crippen molar-refractivity contribution in [1.29, 1.82) is 0 Å². The topological polar surface area (TPSA) is 115 Å². The van der Waals surface area contributed by atoms with E-state index in [2.05, 4.69) is 0 Å². The third kappa shape index (κ3) is 2.53. The molecule has 0 aromatic rings. The summed E-state index contributed by atoms with van der Waals surface area (Å²) in [6.45, 7) is 0. The fourth-order valence-electron chi connectivity index (χ4n) is 0.654. The predicted octanol–water partition coefficient (Wildman–Crippen LogP) is -0.968. The number of hydrogen-bond acceptors (Lipinski definition) is 6. The van der Waals surface area contributed by atoms with Gasteiger partial charge in [0.1, 0.15) is 0 Å². The summed E-state index contributed by atoms with van der Waals surface area (Å²) in [4.78, 5) is 21.2. The molecule has 0 amide bonds. The maximum absolute atomic E-state index is 10.6. The molecule has 1 rings (SSSR count). The van der Waals surface area contributed by atoms with Crippen molar-refractivity contribution in [3.63, 3.8) is 0 Å². The van der Waals surface area contributed by atoms with Gasteiger partial charge < -0.3 is 20.4 Å². The minimum atomic E-state index is -1.38. The van der Waals surface area contributed by atoms with E-state index in [9.17, 15) is 9.59 Å². The fraction of sp³-hybridized carbons (Fsp3) is 0. The summed E-state index contributed by atoms with van der Waals surface area (Å²) >= 11 is 0. The summed E-state index contributed by atoms with van der Waals surface area (Å²) in [5, 5.41) is 34.6. The molecule has 0 heterocycles. The minimum Gasteiger partial charge on any atom is -0.501 e. The van der Waals surface area contributed by atoms with Crippen molar-refractivity contribution in [3.8, 4) is 0 Å². The van der Waals surface area contributed by atoms with Crippen LogP contribution in [0.2, 0.25) is 0 Å². The molecule has 0 saturated carbocycles. The van der Waals surface area contributed by atoms with E-state index in [0.717, 1.165) is 0 Å². The van der Waals surface area contributed by atoms with E-state index >= 15 is 0 Å². The fourth-order valence-corrected chi connectivity index (χ4v) is 0.654. The van der Waals surface area contributed by atoms with Crippen molar-refractivity contribution in [3.05, 3.63) is 23.0 Å². The maximum Gasteiger partial charge on any atom is 0.269 e. The van der Waals surface area contributed by atoms with Gasteiger partial charge in [-0.3, -0.25) is 9.59 Å². The van der Waals surface area contributed by atoms with Gasteiger partial charge in [-0.15, -0.1) is 0 Å². The third-order valence-electron chi connectivity index (χ3n) is 1.31. The Hall–Kier alpha value is 0.0200. The van der Waals surface area contributed by atoms with E-state index in [-0.39, 0.29) is 59.1 Å². The number of hydrogen-bond donors (Lipinski definition) is 4. The van der Waals surface area contributed by atoms with E-state index in [4.69, 9.17) is 20.4 Å². The molecule has 6 nitrogen and oxygen atoms in total. The number of rotatable bonds is 0. The summed E-state index contributed by atoms with van der Waals surface area (Å²) in [5.41, 5.74) is 0. The molecule has 1 aliphatic carbocycles. The van der Waals surface area contributed by atoms with Crippen LogP contribution in [0.4, 0.5) is 0 Å². The molecule has 1 aliphatic rings. The first-order valence-electron chi connectivity index (χ1n) is 2.80. The van der Waals surface area contributed by atoms with Gasteiger partial charge in [-0.05, 0) is 0 Å². The average molecular weight is 218 g/mol. The number of aliphatic hydroxyl groups excluding tert-OH is 4. The van der Waals surface area contributed by atoms with Gasteiger partial charge in [-0.25, -0.2) is 0 Å². The summed E-state index contributed by atoms with van der Waals surface area (Å²) in [6, 6.07) is 0. The van der Waals surface area contributed by atoms with Crippen molar-refractivity contribution >= 4 is 70.7 Å². The zero-order chi connectivity index (χ0) is 9.46. The van der Waals surface area contributed by atoms with E-state index in [1.807, 2.05) is 0 Å². The molecule has 0 aliphatic heterocycles. The first-order valence-corrected chi connectivity index (χ1v) is 2.80. The van der Waals surface area contributed by atoms with Gasteiger partial charge in [0.05, 0.1) is 0 Å². The van der Waals surface area contributed by atoms with Crippen LogP contribution < -0.4 is 0 Å².